The lowest BCUT2D eigenvalue weighted by atomic mass is 9.93. The Balaban J connectivity index is 1.92. The Kier molecular flexibility index (Phi) is 4.00. The van der Waals surface area contributed by atoms with Crippen molar-refractivity contribution in [2.45, 2.75) is 44.6 Å². The fourth-order valence-electron chi connectivity index (χ4n) is 2.87. The highest BCUT2D eigenvalue weighted by molar-refractivity contribution is 7.17. The Morgan fingerprint density at radius 1 is 1.05 bits per heavy atom. The summed E-state index contributed by atoms with van der Waals surface area (Å²) in [5.74, 6) is 0. The molecule has 0 amide bonds. The highest BCUT2D eigenvalue weighted by Gasteiger charge is 2.17. The van der Waals surface area contributed by atoms with Gasteiger partial charge >= 0.3 is 0 Å². The van der Waals surface area contributed by atoms with E-state index >= 15 is 0 Å². The SMILES string of the molecule is OC(/C1=C/CCCCCC1)c1csc2ccccc12. The first-order valence-electron chi connectivity index (χ1n) is 7.19. The molecule has 1 aliphatic rings. The predicted octanol–water partition coefficient (Wildman–Crippen LogP) is 5.22. The summed E-state index contributed by atoms with van der Waals surface area (Å²) < 4.78 is 1.27. The molecule has 0 bridgehead atoms. The van der Waals surface area contributed by atoms with Crippen LogP contribution < -0.4 is 0 Å². The maximum Gasteiger partial charge on any atom is 0.101 e. The fourth-order valence-corrected chi connectivity index (χ4v) is 3.85. The summed E-state index contributed by atoms with van der Waals surface area (Å²) in [5.41, 5.74) is 2.32. The fraction of sp³-hybridized carbons (Fsp3) is 0.412. The average molecular weight is 272 g/mol. The number of rotatable bonds is 2. The molecule has 2 aromatic rings. The first kappa shape index (κ1) is 12.9. The van der Waals surface area contributed by atoms with Crippen molar-refractivity contribution in [3.8, 4) is 0 Å². The van der Waals surface area contributed by atoms with Crippen molar-refractivity contribution >= 4 is 21.4 Å². The maximum absolute atomic E-state index is 10.7. The molecule has 2 heteroatoms. The van der Waals surface area contributed by atoms with E-state index in [2.05, 4.69) is 35.7 Å². The van der Waals surface area contributed by atoms with E-state index in [0.29, 0.717) is 0 Å². The van der Waals surface area contributed by atoms with Crippen molar-refractivity contribution in [3.63, 3.8) is 0 Å². The molecular weight excluding hydrogens is 252 g/mol. The summed E-state index contributed by atoms with van der Waals surface area (Å²) >= 11 is 1.73. The Morgan fingerprint density at radius 2 is 1.89 bits per heavy atom. The van der Waals surface area contributed by atoms with Crippen molar-refractivity contribution in [1.82, 2.24) is 0 Å². The molecule has 0 saturated heterocycles. The van der Waals surface area contributed by atoms with Crippen LogP contribution in [0.5, 0.6) is 0 Å². The normalized spacial score (nSPS) is 21.4. The molecule has 3 rings (SSSR count). The van der Waals surface area contributed by atoms with Crippen LogP contribution in [0.3, 0.4) is 0 Å². The zero-order valence-electron chi connectivity index (χ0n) is 11.1. The number of aliphatic hydroxyl groups excluding tert-OH is 1. The number of fused-ring (bicyclic) bond motifs is 1. The minimum atomic E-state index is -0.408. The molecule has 0 aliphatic heterocycles. The van der Waals surface area contributed by atoms with Crippen LogP contribution in [0.1, 0.15) is 50.2 Å². The first-order chi connectivity index (χ1) is 9.36. The molecule has 1 nitrogen and oxygen atoms in total. The molecule has 1 atom stereocenters. The second kappa shape index (κ2) is 5.89. The van der Waals surface area contributed by atoms with Gasteiger partial charge < -0.3 is 5.11 Å². The number of hydrogen-bond acceptors (Lipinski definition) is 2. The lowest BCUT2D eigenvalue weighted by molar-refractivity contribution is 0.211. The number of aliphatic hydroxyl groups is 1. The Labute approximate surface area is 118 Å². The highest BCUT2D eigenvalue weighted by atomic mass is 32.1. The third kappa shape index (κ3) is 2.75. The quantitative estimate of drug-likeness (QED) is 0.743. The predicted molar refractivity (Wildman–Crippen MR) is 82.6 cm³/mol. The average Bonchev–Trinajstić information content (AvgIpc) is 2.81. The second-order valence-corrected chi connectivity index (χ2v) is 6.23. The van der Waals surface area contributed by atoms with E-state index in [-0.39, 0.29) is 0 Å². The monoisotopic (exact) mass is 272 g/mol. The Hall–Kier alpha value is -1.12. The molecule has 1 unspecified atom stereocenters. The smallest absolute Gasteiger partial charge is 0.101 e. The van der Waals surface area contributed by atoms with Gasteiger partial charge in [0, 0.05) is 10.3 Å². The molecule has 0 fully saturated rings. The van der Waals surface area contributed by atoms with E-state index in [1.54, 1.807) is 11.3 Å². The lowest BCUT2D eigenvalue weighted by Crippen LogP contribution is -2.03. The van der Waals surface area contributed by atoms with E-state index in [0.717, 1.165) is 18.4 Å². The number of benzene rings is 1. The lowest BCUT2D eigenvalue weighted by Gasteiger charge is -2.17. The van der Waals surface area contributed by atoms with Crippen LogP contribution in [0.25, 0.3) is 10.1 Å². The van der Waals surface area contributed by atoms with E-state index in [1.165, 1.54) is 41.3 Å². The van der Waals surface area contributed by atoms with Crippen LogP contribution in [-0.4, -0.2) is 5.11 Å². The van der Waals surface area contributed by atoms with Gasteiger partial charge in [0.25, 0.3) is 0 Å². The molecule has 0 saturated carbocycles. The van der Waals surface area contributed by atoms with Crippen LogP contribution in [-0.2, 0) is 0 Å². The van der Waals surface area contributed by atoms with E-state index in [1.807, 2.05) is 0 Å². The molecule has 1 heterocycles. The molecule has 100 valence electrons. The van der Waals surface area contributed by atoms with Crippen LogP contribution in [0.2, 0.25) is 0 Å². The summed E-state index contributed by atoms with van der Waals surface area (Å²) in [7, 11) is 0. The van der Waals surface area contributed by atoms with Gasteiger partial charge in [0.1, 0.15) is 6.10 Å². The number of thiophene rings is 1. The highest BCUT2D eigenvalue weighted by Crippen LogP contribution is 2.35. The van der Waals surface area contributed by atoms with Crippen molar-refractivity contribution < 1.29 is 5.11 Å². The molecule has 19 heavy (non-hydrogen) atoms. The number of hydrogen-bond donors (Lipinski definition) is 1. The summed E-state index contributed by atoms with van der Waals surface area (Å²) in [6, 6.07) is 8.36. The summed E-state index contributed by atoms with van der Waals surface area (Å²) in [4.78, 5) is 0. The van der Waals surface area contributed by atoms with Crippen LogP contribution in [0.15, 0.2) is 41.3 Å². The molecule has 0 radical (unpaired) electrons. The van der Waals surface area contributed by atoms with Gasteiger partial charge in [-0.2, -0.15) is 0 Å². The third-order valence-electron chi connectivity index (χ3n) is 3.98. The summed E-state index contributed by atoms with van der Waals surface area (Å²) in [6.45, 7) is 0. The second-order valence-electron chi connectivity index (χ2n) is 5.32. The Bertz CT molecular complexity index is 582. The summed E-state index contributed by atoms with van der Waals surface area (Å²) in [5, 5.41) is 14.0. The topological polar surface area (TPSA) is 20.2 Å². The van der Waals surface area contributed by atoms with Crippen LogP contribution >= 0.6 is 11.3 Å². The van der Waals surface area contributed by atoms with Gasteiger partial charge in [0.15, 0.2) is 0 Å². The zero-order valence-corrected chi connectivity index (χ0v) is 12.0. The van der Waals surface area contributed by atoms with Crippen molar-refractivity contribution in [2.75, 3.05) is 0 Å². The molecule has 0 spiro atoms. The summed E-state index contributed by atoms with van der Waals surface area (Å²) in [6.07, 6.45) is 9.14. The van der Waals surface area contributed by atoms with Crippen LogP contribution in [0.4, 0.5) is 0 Å². The first-order valence-corrected chi connectivity index (χ1v) is 8.07. The minimum absolute atomic E-state index is 0.408. The minimum Gasteiger partial charge on any atom is -0.384 e. The van der Waals surface area contributed by atoms with Gasteiger partial charge in [-0.15, -0.1) is 11.3 Å². The van der Waals surface area contributed by atoms with Crippen LogP contribution in [0, 0.1) is 0 Å². The largest absolute Gasteiger partial charge is 0.384 e. The van der Waals surface area contributed by atoms with Gasteiger partial charge in [0.2, 0.25) is 0 Å². The molecule has 1 aromatic carbocycles. The van der Waals surface area contributed by atoms with Gasteiger partial charge in [-0.05, 0) is 48.1 Å². The van der Waals surface area contributed by atoms with Crippen molar-refractivity contribution in [1.29, 1.82) is 0 Å². The maximum atomic E-state index is 10.7. The van der Waals surface area contributed by atoms with E-state index < -0.39 is 6.10 Å². The number of allylic oxidation sites excluding steroid dienone is 1. The molecule has 1 N–H and O–H groups in total. The standard InChI is InChI=1S/C17H20OS/c18-17(13-8-4-2-1-3-5-9-13)15-12-19-16-11-7-6-10-14(15)16/h6-8,10-12,17-18H,1-5,9H2/b13-8+. The van der Waals surface area contributed by atoms with E-state index in [9.17, 15) is 5.11 Å². The zero-order chi connectivity index (χ0) is 13.1. The molecule has 1 aromatic heterocycles. The van der Waals surface area contributed by atoms with E-state index in [4.69, 9.17) is 0 Å². The van der Waals surface area contributed by atoms with Crippen molar-refractivity contribution in [3.05, 3.63) is 46.9 Å². The third-order valence-corrected chi connectivity index (χ3v) is 4.96. The van der Waals surface area contributed by atoms with Gasteiger partial charge in [-0.1, -0.05) is 37.1 Å². The Morgan fingerprint density at radius 3 is 2.84 bits per heavy atom. The van der Waals surface area contributed by atoms with Crippen molar-refractivity contribution in [2.24, 2.45) is 0 Å². The van der Waals surface area contributed by atoms with Gasteiger partial charge in [-0.25, -0.2) is 0 Å². The van der Waals surface area contributed by atoms with Gasteiger partial charge in [-0.3, -0.25) is 0 Å². The van der Waals surface area contributed by atoms with Gasteiger partial charge in [0.05, 0.1) is 0 Å². The molecule has 1 aliphatic carbocycles. The molecular formula is C17H20OS.